The van der Waals surface area contributed by atoms with Gasteiger partial charge in [0.15, 0.2) is 0 Å². The van der Waals surface area contributed by atoms with Crippen LogP contribution >= 0.6 is 0 Å². The summed E-state index contributed by atoms with van der Waals surface area (Å²) < 4.78 is 26.5. The van der Waals surface area contributed by atoms with E-state index in [4.69, 9.17) is 0 Å². The third-order valence-corrected chi connectivity index (χ3v) is 5.40. The lowest BCUT2D eigenvalue weighted by Gasteiger charge is -2.12. The van der Waals surface area contributed by atoms with Crippen LogP contribution in [-0.4, -0.2) is 32.9 Å². The number of nitrogens with one attached hydrogen (secondary N) is 2. The van der Waals surface area contributed by atoms with Crippen LogP contribution in [0.5, 0.6) is 0 Å². The van der Waals surface area contributed by atoms with Gasteiger partial charge in [-0.1, -0.05) is 6.07 Å². The number of hydrogen-bond acceptors (Lipinski definition) is 4. The van der Waals surface area contributed by atoms with E-state index in [-0.39, 0.29) is 10.8 Å². The second-order valence-electron chi connectivity index (χ2n) is 5.49. The van der Waals surface area contributed by atoms with E-state index >= 15 is 0 Å². The number of rotatable bonds is 6. The Morgan fingerprint density at radius 2 is 2.00 bits per heavy atom. The summed E-state index contributed by atoms with van der Waals surface area (Å²) in [6, 6.07) is 6.89. The van der Waals surface area contributed by atoms with E-state index in [0.29, 0.717) is 24.1 Å². The molecule has 7 heteroatoms. The van der Waals surface area contributed by atoms with Crippen LogP contribution in [0.15, 0.2) is 41.6 Å². The number of sulfonamides is 1. The lowest BCUT2D eigenvalue weighted by atomic mass is 10.1. The minimum Gasteiger partial charge on any atom is -0.352 e. The van der Waals surface area contributed by atoms with Gasteiger partial charge in [0.25, 0.3) is 5.91 Å². The molecule has 0 radical (unpaired) electrons. The van der Waals surface area contributed by atoms with Crippen LogP contribution in [0.25, 0.3) is 0 Å². The van der Waals surface area contributed by atoms with Crippen molar-refractivity contribution >= 4 is 15.9 Å². The van der Waals surface area contributed by atoms with E-state index in [1.54, 1.807) is 32.3 Å². The van der Waals surface area contributed by atoms with Gasteiger partial charge in [0.2, 0.25) is 10.0 Å². The highest BCUT2D eigenvalue weighted by molar-refractivity contribution is 7.89. The summed E-state index contributed by atoms with van der Waals surface area (Å²) in [6.45, 7) is 3.96. The number of nitrogens with zero attached hydrogens (tertiary/aromatic N) is 1. The molecule has 0 bridgehead atoms. The molecular formula is C17H21N3O3S. The molecule has 0 spiro atoms. The van der Waals surface area contributed by atoms with Crippen molar-refractivity contribution < 1.29 is 13.2 Å². The zero-order valence-corrected chi connectivity index (χ0v) is 14.8. The van der Waals surface area contributed by atoms with Gasteiger partial charge < -0.3 is 5.32 Å². The van der Waals surface area contributed by atoms with Crippen LogP contribution in [0.4, 0.5) is 0 Å². The van der Waals surface area contributed by atoms with Crippen LogP contribution in [0.1, 0.15) is 27.0 Å². The van der Waals surface area contributed by atoms with Gasteiger partial charge in [-0.25, -0.2) is 13.1 Å². The molecule has 6 nitrogen and oxygen atoms in total. The summed E-state index contributed by atoms with van der Waals surface area (Å²) in [5.41, 5.74) is 2.74. The Hall–Kier alpha value is -2.25. The normalized spacial score (nSPS) is 11.3. The van der Waals surface area contributed by atoms with Crippen LogP contribution < -0.4 is 10.0 Å². The van der Waals surface area contributed by atoms with E-state index in [1.165, 1.54) is 13.1 Å². The number of hydrogen-bond donors (Lipinski definition) is 2. The van der Waals surface area contributed by atoms with Gasteiger partial charge in [-0.15, -0.1) is 0 Å². The van der Waals surface area contributed by atoms with E-state index < -0.39 is 10.0 Å². The van der Waals surface area contributed by atoms with E-state index in [2.05, 4.69) is 15.0 Å². The zero-order chi connectivity index (χ0) is 17.7. The zero-order valence-electron chi connectivity index (χ0n) is 14.0. The number of aromatic nitrogens is 1. The molecule has 0 fully saturated rings. The first-order valence-electron chi connectivity index (χ1n) is 7.57. The summed E-state index contributed by atoms with van der Waals surface area (Å²) in [6.07, 6.45) is 4.10. The fourth-order valence-electron chi connectivity index (χ4n) is 2.32. The van der Waals surface area contributed by atoms with Gasteiger partial charge >= 0.3 is 0 Å². The fraction of sp³-hybridized carbons (Fsp3) is 0.294. The Labute approximate surface area is 142 Å². The number of carbonyl (C=O) groups excluding carboxylic acids is 1. The maximum Gasteiger partial charge on any atom is 0.251 e. The highest BCUT2D eigenvalue weighted by Gasteiger charge is 2.19. The average Bonchev–Trinajstić information content (AvgIpc) is 2.57. The Morgan fingerprint density at radius 3 is 2.62 bits per heavy atom. The average molecular weight is 347 g/mol. The molecule has 24 heavy (non-hydrogen) atoms. The van der Waals surface area contributed by atoms with Crippen molar-refractivity contribution in [1.82, 2.24) is 15.0 Å². The quantitative estimate of drug-likeness (QED) is 0.830. The highest BCUT2D eigenvalue weighted by atomic mass is 32.2. The number of pyridine rings is 1. The summed E-state index contributed by atoms with van der Waals surface area (Å²) in [4.78, 5) is 16.5. The molecule has 2 N–H and O–H groups in total. The number of amides is 1. The minimum absolute atomic E-state index is 0.127. The molecule has 0 aliphatic carbocycles. The fourth-order valence-corrected chi connectivity index (χ4v) is 3.38. The molecular weight excluding hydrogens is 326 g/mol. The summed E-state index contributed by atoms with van der Waals surface area (Å²) in [5.74, 6) is -0.297. The first-order valence-corrected chi connectivity index (χ1v) is 9.05. The summed E-state index contributed by atoms with van der Waals surface area (Å²) >= 11 is 0. The molecule has 2 rings (SSSR count). The lowest BCUT2D eigenvalue weighted by molar-refractivity contribution is 0.0954. The molecule has 0 aliphatic heterocycles. The smallest absolute Gasteiger partial charge is 0.251 e. The largest absolute Gasteiger partial charge is 0.352 e. The number of aryl methyl sites for hydroxylation is 1. The van der Waals surface area contributed by atoms with Crippen LogP contribution in [0.3, 0.4) is 0 Å². The van der Waals surface area contributed by atoms with Crippen LogP contribution in [-0.2, 0) is 16.4 Å². The lowest BCUT2D eigenvalue weighted by Crippen LogP contribution is -2.27. The Bertz CT molecular complexity index is 834. The van der Waals surface area contributed by atoms with E-state index in [0.717, 1.165) is 11.1 Å². The van der Waals surface area contributed by atoms with E-state index in [1.807, 2.05) is 12.1 Å². The molecule has 0 saturated heterocycles. The van der Waals surface area contributed by atoms with Gasteiger partial charge in [-0.3, -0.25) is 9.78 Å². The van der Waals surface area contributed by atoms with Crippen molar-refractivity contribution in [2.24, 2.45) is 0 Å². The first kappa shape index (κ1) is 18.1. The van der Waals surface area contributed by atoms with Gasteiger partial charge in [0.05, 0.1) is 4.90 Å². The standard InChI is InChI=1S/C17H21N3O3S/c1-12-9-15(10-16(13(12)2)24(22,23)18-3)17(21)20-8-6-14-5-4-7-19-11-14/h4-5,7,9-11,18H,6,8H2,1-3H3,(H,20,21). The molecule has 1 aromatic heterocycles. The molecule has 1 aromatic carbocycles. The van der Waals surface area contributed by atoms with Gasteiger partial charge in [-0.2, -0.15) is 0 Å². The molecule has 0 aliphatic rings. The molecule has 128 valence electrons. The third kappa shape index (κ3) is 4.18. The Kier molecular flexibility index (Phi) is 5.69. The Balaban J connectivity index is 2.15. The molecule has 0 saturated carbocycles. The molecule has 1 heterocycles. The molecule has 1 amide bonds. The monoisotopic (exact) mass is 347 g/mol. The second-order valence-corrected chi connectivity index (χ2v) is 7.35. The van der Waals surface area contributed by atoms with Gasteiger partial charge in [-0.05, 0) is 62.2 Å². The summed E-state index contributed by atoms with van der Waals surface area (Å²) in [7, 11) is -2.26. The second kappa shape index (κ2) is 7.55. The minimum atomic E-state index is -3.61. The van der Waals surface area contributed by atoms with Gasteiger partial charge in [0.1, 0.15) is 0 Å². The molecule has 2 aromatic rings. The maximum atomic E-state index is 12.3. The van der Waals surface area contributed by atoms with Crippen molar-refractivity contribution in [2.45, 2.75) is 25.2 Å². The highest BCUT2D eigenvalue weighted by Crippen LogP contribution is 2.21. The molecule has 0 unspecified atom stereocenters. The van der Waals surface area contributed by atoms with Crippen molar-refractivity contribution in [1.29, 1.82) is 0 Å². The topological polar surface area (TPSA) is 88.2 Å². The number of carbonyl (C=O) groups is 1. The van der Waals surface area contributed by atoms with Gasteiger partial charge in [0, 0.05) is 24.5 Å². The SMILES string of the molecule is CNS(=O)(=O)c1cc(C(=O)NCCc2cccnc2)cc(C)c1C. The molecule has 0 atom stereocenters. The van der Waals surface area contributed by atoms with Crippen molar-refractivity contribution in [3.63, 3.8) is 0 Å². The number of benzene rings is 1. The Morgan fingerprint density at radius 1 is 1.25 bits per heavy atom. The predicted octanol–water partition coefficient (Wildman–Crippen LogP) is 1.58. The van der Waals surface area contributed by atoms with Crippen molar-refractivity contribution in [3.8, 4) is 0 Å². The predicted molar refractivity (Wildman–Crippen MR) is 92.4 cm³/mol. The van der Waals surface area contributed by atoms with Crippen molar-refractivity contribution in [2.75, 3.05) is 13.6 Å². The van der Waals surface area contributed by atoms with Crippen LogP contribution in [0, 0.1) is 13.8 Å². The maximum absolute atomic E-state index is 12.3. The third-order valence-electron chi connectivity index (χ3n) is 3.86. The summed E-state index contributed by atoms with van der Waals surface area (Å²) in [5, 5.41) is 2.81. The van der Waals surface area contributed by atoms with Crippen molar-refractivity contribution in [3.05, 3.63) is 58.9 Å². The van der Waals surface area contributed by atoms with Crippen LogP contribution in [0.2, 0.25) is 0 Å². The van der Waals surface area contributed by atoms with E-state index in [9.17, 15) is 13.2 Å². The first-order chi connectivity index (χ1) is 11.3.